The third-order valence-electron chi connectivity index (χ3n) is 4.96. The first kappa shape index (κ1) is 28.6. The van der Waals surface area contributed by atoms with Crippen LogP contribution in [0.25, 0.3) is 0 Å². The Labute approximate surface area is 217 Å². The van der Waals surface area contributed by atoms with Gasteiger partial charge in [-0.05, 0) is 18.6 Å². The van der Waals surface area contributed by atoms with Crippen molar-refractivity contribution in [3.8, 4) is 5.75 Å². The van der Waals surface area contributed by atoms with Crippen LogP contribution in [0.2, 0.25) is 0 Å². The summed E-state index contributed by atoms with van der Waals surface area (Å²) in [5.74, 6) is 0.513. The van der Waals surface area contributed by atoms with Crippen molar-refractivity contribution in [1.29, 1.82) is 0 Å². The van der Waals surface area contributed by atoms with E-state index in [0.717, 1.165) is 12.8 Å². The Morgan fingerprint density at radius 1 is 0.643 bits per heavy atom. The summed E-state index contributed by atoms with van der Waals surface area (Å²) in [4.78, 5) is 0. The Morgan fingerprint density at radius 2 is 1.04 bits per heavy atom. The molecule has 0 aromatic heterocycles. The average Bonchev–Trinajstić information content (AvgIpc) is 2.65. The zero-order chi connectivity index (χ0) is 19.6. The van der Waals surface area contributed by atoms with Crippen LogP contribution in [-0.4, -0.2) is 65.6 Å². The monoisotopic (exact) mass is 436 g/mol. The molecule has 0 spiro atoms. The molecule has 0 atom stereocenters. The molecule has 0 fully saturated rings. The van der Waals surface area contributed by atoms with Gasteiger partial charge in [-0.3, -0.25) is 0 Å². The van der Waals surface area contributed by atoms with E-state index in [1.165, 1.54) is 77.0 Å². The fourth-order valence-corrected chi connectivity index (χ4v) is 4.36. The summed E-state index contributed by atoms with van der Waals surface area (Å²) in [6.07, 6.45) is 19.1. The van der Waals surface area contributed by atoms with Crippen LogP contribution in [0.1, 0.15) is 103 Å². The molecule has 0 N–H and O–H groups in total. The van der Waals surface area contributed by atoms with Crippen molar-refractivity contribution in [1.82, 2.24) is 0 Å². The Bertz CT molecular complexity index is 546. The van der Waals surface area contributed by atoms with Crippen molar-refractivity contribution in [3.63, 3.8) is 0 Å². The zero-order valence-corrected chi connectivity index (χ0v) is 18.1. The second-order valence-corrected chi connectivity index (χ2v) is 9.30. The van der Waals surface area contributed by atoms with Crippen molar-refractivity contribution in [2.24, 2.45) is 0 Å². The van der Waals surface area contributed by atoms with Gasteiger partial charge in [-0.1, -0.05) is 115 Å². The molecule has 158 valence electrons. The van der Waals surface area contributed by atoms with Crippen molar-refractivity contribution in [2.45, 2.75) is 103 Å². The van der Waals surface area contributed by atoms with Gasteiger partial charge < -0.3 is 4.18 Å². The molecule has 5 heteroatoms. The summed E-state index contributed by atoms with van der Waals surface area (Å²) in [5.41, 5.74) is 0. The van der Waals surface area contributed by atoms with Gasteiger partial charge in [-0.15, -0.1) is 0 Å². The van der Waals surface area contributed by atoms with E-state index in [2.05, 4.69) is 6.92 Å². The SMILES string of the molecule is CCCCCCCCCCCCCCCCCS(=O)(=O)Oc1ccccc1.[KH]. The first-order chi connectivity index (χ1) is 13.1. The predicted molar refractivity (Wildman–Crippen MR) is 123 cm³/mol. The van der Waals surface area contributed by atoms with Crippen LogP contribution in [0.5, 0.6) is 5.75 Å². The van der Waals surface area contributed by atoms with Gasteiger partial charge in [0.2, 0.25) is 0 Å². The minimum atomic E-state index is -3.45. The van der Waals surface area contributed by atoms with Crippen LogP contribution in [0, 0.1) is 0 Å². The zero-order valence-electron chi connectivity index (χ0n) is 17.3. The van der Waals surface area contributed by atoms with Gasteiger partial charge in [-0.25, -0.2) is 0 Å². The van der Waals surface area contributed by atoms with E-state index >= 15 is 0 Å². The van der Waals surface area contributed by atoms with Crippen LogP contribution in [-0.2, 0) is 10.1 Å². The van der Waals surface area contributed by atoms with Gasteiger partial charge in [0.05, 0.1) is 5.75 Å². The van der Waals surface area contributed by atoms with E-state index in [1.54, 1.807) is 24.3 Å². The summed E-state index contributed by atoms with van der Waals surface area (Å²) >= 11 is 0. The maximum atomic E-state index is 11.9. The van der Waals surface area contributed by atoms with Crippen molar-refractivity contribution in [3.05, 3.63) is 30.3 Å². The molecule has 1 rings (SSSR count). The molecule has 0 saturated carbocycles. The molecule has 0 heterocycles. The topological polar surface area (TPSA) is 43.4 Å². The summed E-state index contributed by atoms with van der Waals surface area (Å²) in [7, 11) is -3.45. The third-order valence-corrected chi connectivity index (χ3v) is 6.20. The Kier molecular flexibility index (Phi) is 20.0. The second kappa shape index (κ2) is 19.6. The Hall–Kier alpha value is 0.606. The average molecular weight is 437 g/mol. The van der Waals surface area contributed by atoms with E-state index in [9.17, 15) is 8.42 Å². The van der Waals surface area contributed by atoms with E-state index in [1.807, 2.05) is 6.07 Å². The normalized spacial score (nSPS) is 11.2. The maximum absolute atomic E-state index is 11.9. The first-order valence-corrected chi connectivity index (χ1v) is 12.7. The van der Waals surface area contributed by atoms with E-state index in [0.29, 0.717) is 12.2 Å². The quantitative estimate of drug-likeness (QED) is 0.148. The summed E-state index contributed by atoms with van der Waals surface area (Å²) in [6, 6.07) is 8.74. The number of benzene rings is 1. The Morgan fingerprint density at radius 3 is 1.46 bits per heavy atom. The number of para-hydroxylation sites is 1. The summed E-state index contributed by atoms with van der Waals surface area (Å²) < 4.78 is 28.9. The standard InChI is InChI=1S/C23H40O3S.K.H/c1-2-3-4-5-6-7-8-9-10-11-12-13-14-15-19-22-27(24,25)26-23-20-17-16-18-21-23;;/h16-18,20-21H,2-15,19,22H2,1H3;;. The van der Waals surface area contributed by atoms with Gasteiger partial charge in [0, 0.05) is 0 Å². The molecule has 0 unspecified atom stereocenters. The molecule has 1 aromatic rings. The van der Waals surface area contributed by atoms with E-state index < -0.39 is 10.1 Å². The summed E-state index contributed by atoms with van der Waals surface area (Å²) in [6.45, 7) is 2.27. The molecule has 0 radical (unpaired) electrons. The number of unbranched alkanes of at least 4 members (excludes halogenated alkanes) is 14. The summed E-state index contributed by atoms with van der Waals surface area (Å²) in [5, 5.41) is 0. The van der Waals surface area contributed by atoms with Gasteiger partial charge >= 0.3 is 61.5 Å². The van der Waals surface area contributed by atoms with E-state index in [-0.39, 0.29) is 57.1 Å². The number of hydrogen-bond acceptors (Lipinski definition) is 3. The van der Waals surface area contributed by atoms with Gasteiger partial charge in [0.1, 0.15) is 5.75 Å². The molecule has 1 aromatic carbocycles. The van der Waals surface area contributed by atoms with Crippen LogP contribution in [0.4, 0.5) is 0 Å². The van der Waals surface area contributed by atoms with Crippen molar-refractivity contribution >= 4 is 61.5 Å². The number of rotatable bonds is 18. The number of hydrogen-bond donors (Lipinski definition) is 0. The molecule has 0 aliphatic carbocycles. The van der Waals surface area contributed by atoms with Crippen molar-refractivity contribution < 1.29 is 12.6 Å². The fourth-order valence-electron chi connectivity index (χ4n) is 3.31. The van der Waals surface area contributed by atoms with E-state index in [4.69, 9.17) is 4.18 Å². The van der Waals surface area contributed by atoms with Crippen molar-refractivity contribution in [2.75, 3.05) is 5.75 Å². The predicted octanol–water partition coefficient (Wildman–Crippen LogP) is 6.62. The molecular formula is C23H41KO3S. The fraction of sp³-hybridized carbons (Fsp3) is 0.739. The molecule has 0 aliphatic heterocycles. The molecule has 28 heavy (non-hydrogen) atoms. The third kappa shape index (κ3) is 17.5. The van der Waals surface area contributed by atoms with Gasteiger partial charge in [0.15, 0.2) is 0 Å². The van der Waals surface area contributed by atoms with Gasteiger partial charge in [-0.2, -0.15) is 8.42 Å². The minimum absolute atomic E-state index is 0. The second-order valence-electron chi connectivity index (χ2n) is 7.61. The van der Waals surface area contributed by atoms with Crippen LogP contribution >= 0.6 is 0 Å². The van der Waals surface area contributed by atoms with Crippen LogP contribution in [0.3, 0.4) is 0 Å². The molecule has 0 amide bonds. The van der Waals surface area contributed by atoms with Crippen LogP contribution in [0.15, 0.2) is 30.3 Å². The molecular weight excluding hydrogens is 395 g/mol. The molecule has 3 nitrogen and oxygen atoms in total. The Balaban J connectivity index is 0.00000729. The molecule has 0 saturated heterocycles. The molecule has 0 aliphatic rings. The van der Waals surface area contributed by atoms with Crippen LogP contribution < -0.4 is 4.18 Å². The molecule has 0 bridgehead atoms. The van der Waals surface area contributed by atoms with Gasteiger partial charge in [0.25, 0.3) is 0 Å². The first-order valence-electron chi connectivity index (χ1n) is 11.1.